The summed E-state index contributed by atoms with van der Waals surface area (Å²) in [5, 5.41) is 5.73. The number of hydrogen-bond acceptors (Lipinski definition) is 1. The van der Waals surface area contributed by atoms with Gasteiger partial charge in [0.1, 0.15) is 0 Å². The van der Waals surface area contributed by atoms with E-state index in [1.165, 1.54) is 11.3 Å². The highest BCUT2D eigenvalue weighted by atomic mass is 16.2. The molecule has 2 amide bonds. The van der Waals surface area contributed by atoms with E-state index in [2.05, 4.69) is 28.6 Å². The van der Waals surface area contributed by atoms with Crippen LogP contribution < -0.4 is 10.6 Å². The lowest BCUT2D eigenvalue weighted by Crippen LogP contribution is -2.46. The van der Waals surface area contributed by atoms with Crippen molar-refractivity contribution in [3.63, 3.8) is 0 Å². The highest BCUT2D eigenvalue weighted by Gasteiger charge is 2.12. The first-order valence-corrected chi connectivity index (χ1v) is 5.99. The van der Waals surface area contributed by atoms with Gasteiger partial charge >= 0.3 is 6.03 Å². The lowest BCUT2D eigenvalue weighted by molar-refractivity contribution is 0.232. The highest BCUT2D eigenvalue weighted by Crippen LogP contribution is 2.09. The number of aromatic amines is 1. The van der Waals surface area contributed by atoms with Crippen molar-refractivity contribution >= 4 is 6.03 Å². The molecule has 1 rings (SSSR count). The molecule has 0 radical (unpaired) electrons. The zero-order chi connectivity index (χ0) is 13.1. The van der Waals surface area contributed by atoms with Gasteiger partial charge in [-0.25, -0.2) is 4.79 Å². The lowest BCUT2D eigenvalue weighted by atomic mass is 10.1. The summed E-state index contributed by atoms with van der Waals surface area (Å²) in [6.45, 7) is 10.6. The standard InChI is InChI=1S/C13H23N3O/c1-9-8-11(10(2)15-9)6-7-14-12(17)16-13(3,4)5/h8,15H,6-7H2,1-5H3,(H2,14,16,17). The van der Waals surface area contributed by atoms with Crippen LogP contribution in [0.4, 0.5) is 4.79 Å². The summed E-state index contributed by atoms with van der Waals surface area (Å²) in [6.07, 6.45) is 0.855. The molecule has 0 aliphatic carbocycles. The van der Waals surface area contributed by atoms with Gasteiger partial charge in [-0.1, -0.05) is 0 Å². The Balaban J connectivity index is 2.33. The first-order valence-electron chi connectivity index (χ1n) is 5.99. The number of aromatic nitrogens is 1. The zero-order valence-electron chi connectivity index (χ0n) is 11.4. The summed E-state index contributed by atoms with van der Waals surface area (Å²) >= 11 is 0. The minimum absolute atomic E-state index is 0.109. The number of urea groups is 1. The van der Waals surface area contributed by atoms with Crippen molar-refractivity contribution in [2.45, 2.75) is 46.6 Å². The van der Waals surface area contributed by atoms with Crippen molar-refractivity contribution < 1.29 is 4.79 Å². The van der Waals surface area contributed by atoms with Crippen LogP contribution in [0, 0.1) is 13.8 Å². The molecule has 4 heteroatoms. The highest BCUT2D eigenvalue weighted by molar-refractivity contribution is 5.74. The van der Waals surface area contributed by atoms with Gasteiger partial charge in [-0.05, 0) is 52.7 Å². The minimum Gasteiger partial charge on any atom is -0.362 e. The Morgan fingerprint density at radius 2 is 2.00 bits per heavy atom. The van der Waals surface area contributed by atoms with Gasteiger partial charge < -0.3 is 15.6 Å². The van der Waals surface area contributed by atoms with Crippen molar-refractivity contribution in [3.05, 3.63) is 23.0 Å². The Hall–Kier alpha value is -1.45. The van der Waals surface area contributed by atoms with Gasteiger partial charge in [-0.2, -0.15) is 0 Å². The van der Waals surface area contributed by atoms with Crippen LogP contribution in [-0.2, 0) is 6.42 Å². The summed E-state index contributed by atoms with van der Waals surface area (Å²) in [4.78, 5) is 14.8. The molecule has 1 aromatic rings. The minimum atomic E-state index is -0.190. The molecule has 0 aliphatic heterocycles. The van der Waals surface area contributed by atoms with Crippen LogP contribution in [0.3, 0.4) is 0 Å². The molecule has 4 nitrogen and oxygen atoms in total. The van der Waals surface area contributed by atoms with Gasteiger partial charge in [0.15, 0.2) is 0 Å². The average Bonchev–Trinajstić information content (AvgIpc) is 2.42. The molecule has 0 atom stereocenters. The summed E-state index contributed by atoms with van der Waals surface area (Å²) in [5.41, 5.74) is 3.42. The summed E-state index contributed by atoms with van der Waals surface area (Å²) in [7, 11) is 0. The maximum Gasteiger partial charge on any atom is 0.315 e. The van der Waals surface area contributed by atoms with Crippen LogP contribution in [-0.4, -0.2) is 23.1 Å². The van der Waals surface area contributed by atoms with Gasteiger partial charge in [0.05, 0.1) is 0 Å². The van der Waals surface area contributed by atoms with E-state index in [1.807, 2.05) is 27.7 Å². The molecule has 96 valence electrons. The van der Waals surface area contributed by atoms with Crippen LogP contribution in [0.1, 0.15) is 37.7 Å². The number of carbonyl (C=O) groups excluding carboxylic acids is 1. The molecule has 0 saturated heterocycles. The number of hydrogen-bond donors (Lipinski definition) is 3. The largest absolute Gasteiger partial charge is 0.362 e. The van der Waals surface area contributed by atoms with Crippen LogP contribution in [0.25, 0.3) is 0 Å². The number of nitrogens with one attached hydrogen (secondary N) is 3. The molecular weight excluding hydrogens is 214 g/mol. The van der Waals surface area contributed by atoms with E-state index >= 15 is 0 Å². The van der Waals surface area contributed by atoms with Crippen molar-refractivity contribution in [3.8, 4) is 0 Å². The smallest absolute Gasteiger partial charge is 0.315 e. The third-order valence-corrected chi connectivity index (χ3v) is 2.43. The number of amides is 2. The molecule has 17 heavy (non-hydrogen) atoms. The molecule has 0 bridgehead atoms. The molecule has 3 N–H and O–H groups in total. The molecule has 0 spiro atoms. The van der Waals surface area contributed by atoms with E-state index < -0.39 is 0 Å². The van der Waals surface area contributed by atoms with E-state index in [4.69, 9.17) is 0 Å². The Kier molecular flexibility index (Phi) is 4.21. The van der Waals surface area contributed by atoms with Crippen molar-refractivity contribution in [1.82, 2.24) is 15.6 Å². The first kappa shape index (κ1) is 13.6. The van der Waals surface area contributed by atoms with Gasteiger partial charge in [0.25, 0.3) is 0 Å². The van der Waals surface area contributed by atoms with Gasteiger partial charge in [0, 0.05) is 23.5 Å². The molecule has 0 aromatic carbocycles. The number of carbonyl (C=O) groups is 1. The molecule has 1 aromatic heterocycles. The van der Waals surface area contributed by atoms with E-state index in [0.29, 0.717) is 6.54 Å². The number of aryl methyl sites for hydroxylation is 2. The Labute approximate surface area is 103 Å². The number of H-pyrrole nitrogens is 1. The second kappa shape index (κ2) is 5.25. The maximum absolute atomic E-state index is 11.5. The first-order chi connectivity index (χ1) is 7.78. The Morgan fingerprint density at radius 3 is 2.47 bits per heavy atom. The predicted molar refractivity (Wildman–Crippen MR) is 70.3 cm³/mol. The maximum atomic E-state index is 11.5. The lowest BCUT2D eigenvalue weighted by Gasteiger charge is -2.20. The van der Waals surface area contributed by atoms with E-state index in [-0.39, 0.29) is 11.6 Å². The summed E-state index contributed by atoms with van der Waals surface area (Å²) < 4.78 is 0. The predicted octanol–water partition coefficient (Wildman–Crippen LogP) is 2.27. The fraction of sp³-hybridized carbons (Fsp3) is 0.615. The third-order valence-electron chi connectivity index (χ3n) is 2.43. The van der Waals surface area contributed by atoms with Gasteiger partial charge in [0.2, 0.25) is 0 Å². The quantitative estimate of drug-likeness (QED) is 0.742. The molecular formula is C13H23N3O. The van der Waals surface area contributed by atoms with Crippen LogP contribution in [0.2, 0.25) is 0 Å². The molecule has 1 heterocycles. The van der Waals surface area contributed by atoms with Crippen molar-refractivity contribution in [2.75, 3.05) is 6.54 Å². The van der Waals surface area contributed by atoms with Crippen LogP contribution >= 0.6 is 0 Å². The van der Waals surface area contributed by atoms with Gasteiger partial charge in [-0.3, -0.25) is 0 Å². The van der Waals surface area contributed by atoms with E-state index in [1.54, 1.807) is 0 Å². The second-order valence-corrected chi connectivity index (χ2v) is 5.48. The summed E-state index contributed by atoms with van der Waals surface area (Å²) in [6, 6.07) is 2.01. The van der Waals surface area contributed by atoms with Crippen LogP contribution in [0.5, 0.6) is 0 Å². The third kappa shape index (κ3) is 4.93. The molecule has 0 saturated carbocycles. The fourth-order valence-electron chi connectivity index (χ4n) is 1.74. The van der Waals surface area contributed by atoms with E-state index in [0.717, 1.165) is 12.1 Å². The Bertz CT molecular complexity index is 388. The molecule has 0 fully saturated rings. The molecule has 0 unspecified atom stereocenters. The monoisotopic (exact) mass is 237 g/mol. The van der Waals surface area contributed by atoms with Gasteiger partial charge in [-0.15, -0.1) is 0 Å². The van der Waals surface area contributed by atoms with Crippen molar-refractivity contribution in [1.29, 1.82) is 0 Å². The Morgan fingerprint density at radius 1 is 1.35 bits per heavy atom. The van der Waals surface area contributed by atoms with Crippen LogP contribution in [0.15, 0.2) is 6.07 Å². The summed E-state index contributed by atoms with van der Waals surface area (Å²) in [5.74, 6) is 0. The SMILES string of the molecule is Cc1cc(CCNC(=O)NC(C)(C)C)c(C)[nH]1. The van der Waals surface area contributed by atoms with E-state index in [9.17, 15) is 4.79 Å². The van der Waals surface area contributed by atoms with Crippen molar-refractivity contribution in [2.24, 2.45) is 0 Å². The molecule has 0 aliphatic rings. The zero-order valence-corrected chi connectivity index (χ0v) is 11.4. The normalized spacial score (nSPS) is 11.4. The number of rotatable bonds is 3. The average molecular weight is 237 g/mol. The topological polar surface area (TPSA) is 56.9 Å². The second-order valence-electron chi connectivity index (χ2n) is 5.48. The fourth-order valence-corrected chi connectivity index (χ4v) is 1.74.